The Hall–Kier alpha value is -2.82. The topological polar surface area (TPSA) is 67.4 Å². The lowest BCUT2D eigenvalue weighted by Crippen LogP contribution is -2.28. The van der Waals surface area contributed by atoms with Crippen LogP contribution < -0.4 is 15.4 Å². The molecule has 0 heterocycles. The van der Waals surface area contributed by atoms with Crippen LogP contribution >= 0.6 is 0 Å². The smallest absolute Gasteiger partial charge is 0.233 e. The van der Waals surface area contributed by atoms with Crippen LogP contribution in [0.25, 0.3) is 0 Å². The first-order valence-electron chi connectivity index (χ1n) is 8.57. The number of para-hydroxylation sites is 3. The highest BCUT2D eigenvalue weighted by atomic mass is 16.5. The van der Waals surface area contributed by atoms with Gasteiger partial charge in [-0.15, -0.1) is 0 Å². The van der Waals surface area contributed by atoms with Crippen molar-refractivity contribution in [3.63, 3.8) is 0 Å². The van der Waals surface area contributed by atoms with Crippen molar-refractivity contribution in [3.8, 4) is 11.5 Å². The van der Waals surface area contributed by atoms with Crippen molar-refractivity contribution in [2.45, 2.75) is 32.6 Å². The predicted octanol–water partition coefficient (Wildman–Crippen LogP) is 4.11. The Balaban J connectivity index is 1.89. The molecule has 0 fully saturated rings. The molecule has 132 valence electrons. The number of unbranched alkanes of at least 4 members (excludes halogenated alkanes) is 2. The van der Waals surface area contributed by atoms with E-state index in [0.29, 0.717) is 23.7 Å². The van der Waals surface area contributed by atoms with Crippen molar-refractivity contribution in [2.24, 2.45) is 0 Å². The van der Waals surface area contributed by atoms with Crippen LogP contribution in [-0.2, 0) is 9.59 Å². The summed E-state index contributed by atoms with van der Waals surface area (Å²) < 4.78 is 5.79. The fourth-order valence-corrected chi connectivity index (χ4v) is 2.28. The van der Waals surface area contributed by atoms with Gasteiger partial charge in [0, 0.05) is 6.54 Å². The SMILES string of the molecule is CCCCCNC(=O)CC(=O)Nc1ccccc1Oc1ccccc1. The van der Waals surface area contributed by atoms with E-state index in [2.05, 4.69) is 17.6 Å². The summed E-state index contributed by atoms with van der Waals surface area (Å²) in [4.78, 5) is 23.9. The molecule has 2 rings (SSSR count). The molecule has 0 aliphatic heterocycles. The summed E-state index contributed by atoms with van der Waals surface area (Å²) in [6, 6.07) is 16.5. The zero-order valence-corrected chi connectivity index (χ0v) is 14.5. The van der Waals surface area contributed by atoms with Crippen LogP contribution in [-0.4, -0.2) is 18.4 Å². The van der Waals surface area contributed by atoms with Crippen molar-refractivity contribution in [3.05, 3.63) is 54.6 Å². The van der Waals surface area contributed by atoms with E-state index in [1.807, 2.05) is 36.4 Å². The van der Waals surface area contributed by atoms with E-state index in [1.54, 1.807) is 18.2 Å². The summed E-state index contributed by atoms with van der Waals surface area (Å²) in [5.74, 6) is 0.579. The Morgan fingerprint density at radius 2 is 1.64 bits per heavy atom. The molecule has 0 saturated heterocycles. The van der Waals surface area contributed by atoms with Crippen LogP contribution in [0, 0.1) is 0 Å². The second-order valence-corrected chi connectivity index (χ2v) is 5.69. The van der Waals surface area contributed by atoms with E-state index in [0.717, 1.165) is 19.3 Å². The molecule has 0 bridgehead atoms. The molecule has 0 radical (unpaired) electrons. The maximum Gasteiger partial charge on any atom is 0.233 e. The average Bonchev–Trinajstić information content (AvgIpc) is 2.61. The third-order valence-electron chi connectivity index (χ3n) is 3.56. The number of hydrogen-bond donors (Lipinski definition) is 2. The number of rotatable bonds is 9. The molecule has 0 atom stereocenters. The minimum absolute atomic E-state index is 0.203. The van der Waals surface area contributed by atoms with E-state index in [4.69, 9.17) is 4.74 Å². The molecule has 0 aliphatic carbocycles. The normalized spacial score (nSPS) is 10.1. The molecule has 2 amide bonds. The van der Waals surface area contributed by atoms with Crippen molar-refractivity contribution in [2.75, 3.05) is 11.9 Å². The van der Waals surface area contributed by atoms with Crippen LogP contribution in [0.3, 0.4) is 0 Å². The molecule has 0 aromatic heterocycles. The standard InChI is InChI=1S/C20H24N2O3/c1-2-3-9-14-21-19(23)15-20(24)22-17-12-7-8-13-18(17)25-16-10-5-4-6-11-16/h4-8,10-13H,2-3,9,14-15H2,1H3,(H,21,23)(H,22,24). The van der Waals surface area contributed by atoms with Crippen molar-refractivity contribution < 1.29 is 14.3 Å². The quantitative estimate of drug-likeness (QED) is 0.533. The van der Waals surface area contributed by atoms with Crippen LogP contribution in [0.4, 0.5) is 5.69 Å². The molecule has 2 N–H and O–H groups in total. The molecule has 0 spiro atoms. The maximum atomic E-state index is 12.1. The fraction of sp³-hybridized carbons (Fsp3) is 0.300. The monoisotopic (exact) mass is 340 g/mol. The summed E-state index contributed by atoms with van der Waals surface area (Å²) in [5.41, 5.74) is 0.537. The van der Waals surface area contributed by atoms with E-state index < -0.39 is 0 Å². The van der Waals surface area contributed by atoms with Gasteiger partial charge in [0.1, 0.15) is 12.2 Å². The molecule has 0 aliphatic rings. The summed E-state index contributed by atoms with van der Waals surface area (Å²) in [5, 5.41) is 5.50. The van der Waals surface area contributed by atoms with E-state index >= 15 is 0 Å². The number of amides is 2. The molecule has 25 heavy (non-hydrogen) atoms. The van der Waals surface area contributed by atoms with Crippen molar-refractivity contribution >= 4 is 17.5 Å². The Kier molecular flexibility index (Phi) is 7.50. The minimum atomic E-state index is -0.364. The number of hydrogen-bond acceptors (Lipinski definition) is 3. The molecule has 5 nitrogen and oxygen atoms in total. The highest BCUT2D eigenvalue weighted by molar-refractivity contribution is 6.04. The van der Waals surface area contributed by atoms with E-state index in [9.17, 15) is 9.59 Å². The van der Waals surface area contributed by atoms with Gasteiger partial charge in [0.2, 0.25) is 11.8 Å². The van der Waals surface area contributed by atoms with Gasteiger partial charge in [-0.2, -0.15) is 0 Å². The van der Waals surface area contributed by atoms with E-state index in [-0.39, 0.29) is 18.2 Å². The number of benzene rings is 2. The van der Waals surface area contributed by atoms with Gasteiger partial charge in [-0.25, -0.2) is 0 Å². The zero-order chi connectivity index (χ0) is 17.9. The van der Waals surface area contributed by atoms with Gasteiger partial charge in [0.25, 0.3) is 0 Å². The predicted molar refractivity (Wildman–Crippen MR) is 98.7 cm³/mol. The minimum Gasteiger partial charge on any atom is -0.455 e. The highest BCUT2D eigenvalue weighted by Gasteiger charge is 2.12. The van der Waals surface area contributed by atoms with Crippen LogP contribution in [0.5, 0.6) is 11.5 Å². The third kappa shape index (κ3) is 6.67. The zero-order valence-electron chi connectivity index (χ0n) is 14.5. The van der Waals surface area contributed by atoms with Crippen molar-refractivity contribution in [1.29, 1.82) is 0 Å². The summed E-state index contributed by atoms with van der Waals surface area (Å²) >= 11 is 0. The lowest BCUT2D eigenvalue weighted by Gasteiger charge is -2.12. The van der Waals surface area contributed by atoms with Crippen LogP contribution in [0.15, 0.2) is 54.6 Å². The molecule has 0 saturated carbocycles. The first-order valence-corrected chi connectivity index (χ1v) is 8.57. The maximum absolute atomic E-state index is 12.1. The number of anilines is 1. The van der Waals surface area contributed by atoms with Gasteiger partial charge in [0.15, 0.2) is 5.75 Å². The largest absolute Gasteiger partial charge is 0.455 e. The van der Waals surface area contributed by atoms with Crippen molar-refractivity contribution in [1.82, 2.24) is 5.32 Å². The number of carbonyl (C=O) groups is 2. The average molecular weight is 340 g/mol. The van der Waals surface area contributed by atoms with Gasteiger partial charge < -0.3 is 15.4 Å². The number of nitrogens with one attached hydrogen (secondary N) is 2. The third-order valence-corrected chi connectivity index (χ3v) is 3.56. The lowest BCUT2D eigenvalue weighted by molar-refractivity contribution is -0.126. The first kappa shape index (κ1) is 18.5. The lowest BCUT2D eigenvalue weighted by atomic mass is 10.2. The molecule has 2 aromatic rings. The van der Waals surface area contributed by atoms with Gasteiger partial charge in [-0.05, 0) is 30.7 Å². The van der Waals surface area contributed by atoms with E-state index in [1.165, 1.54) is 0 Å². The summed E-state index contributed by atoms with van der Waals surface area (Å²) in [6.07, 6.45) is 2.88. The molecule has 0 unspecified atom stereocenters. The van der Waals surface area contributed by atoms with Gasteiger partial charge >= 0.3 is 0 Å². The Morgan fingerprint density at radius 1 is 0.920 bits per heavy atom. The molecule has 2 aromatic carbocycles. The van der Waals surface area contributed by atoms with Gasteiger partial charge in [-0.3, -0.25) is 9.59 Å². The second-order valence-electron chi connectivity index (χ2n) is 5.69. The first-order chi connectivity index (χ1) is 12.2. The Morgan fingerprint density at radius 3 is 2.40 bits per heavy atom. The molecule has 5 heteroatoms. The summed E-state index contributed by atoms with van der Waals surface area (Å²) in [7, 11) is 0. The van der Waals surface area contributed by atoms with Gasteiger partial charge in [0.05, 0.1) is 5.69 Å². The van der Waals surface area contributed by atoms with Crippen LogP contribution in [0.2, 0.25) is 0 Å². The highest BCUT2D eigenvalue weighted by Crippen LogP contribution is 2.29. The fourth-order valence-electron chi connectivity index (χ4n) is 2.28. The molecular weight excluding hydrogens is 316 g/mol. The second kappa shape index (κ2) is 10.1. The molecular formula is C20H24N2O3. The number of ether oxygens (including phenoxy) is 1. The van der Waals surface area contributed by atoms with Crippen LogP contribution in [0.1, 0.15) is 32.6 Å². The summed E-state index contributed by atoms with van der Waals surface area (Å²) in [6.45, 7) is 2.71. The number of carbonyl (C=O) groups excluding carboxylic acids is 2. The van der Waals surface area contributed by atoms with Gasteiger partial charge in [-0.1, -0.05) is 50.1 Å². The Labute approximate surface area is 148 Å². The Bertz CT molecular complexity index is 686.